The van der Waals surface area contributed by atoms with Crippen molar-refractivity contribution < 1.29 is 4.79 Å². The second kappa shape index (κ2) is 7.84. The molecular weight excluding hydrogens is 350 g/mol. The molecular formula is C19H18ClN5O. The van der Waals surface area contributed by atoms with Crippen LogP contribution in [0.1, 0.15) is 10.4 Å². The van der Waals surface area contributed by atoms with Gasteiger partial charge in [0.2, 0.25) is 5.95 Å². The zero-order chi connectivity index (χ0) is 18.5. The van der Waals surface area contributed by atoms with Crippen LogP contribution < -0.4 is 15.5 Å². The van der Waals surface area contributed by atoms with Gasteiger partial charge >= 0.3 is 0 Å². The highest BCUT2D eigenvalue weighted by Crippen LogP contribution is 2.18. The van der Waals surface area contributed by atoms with Gasteiger partial charge in [-0.25, -0.2) is 9.97 Å². The molecule has 0 saturated heterocycles. The largest absolute Gasteiger partial charge is 0.378 e. The van der Waals surface area contributed by atoms with E-state index in [0.29, 0.717) is 22.2 Å². The summed E-state index contributed by atoms with van der Waals surface area (Å²) in [5.41, 5.74) is 2.96. The number of hydrogen-bond acceptors (Lipinski definition) is 5. The molecule has 1 heterocycles. The number of hydrogen-bond donors (Lipinski definition) is 2. The van der Waals surface area contributed by atoms with Gasteiger partial charge in [0.25, 0.3) is 5.91 Å². The van der Waals surface area contributed by atoms with Gasteiger partial charge < -0.3 is 15.5 Å². The lowest BCUT2D eigenvalue weighted by molar-refractivity contribution is 0.102. The first-order valence-electron chi connectivity index (χ1n) is 7.94. The van der Waals surface area contributed by atoms with Crippen molar-refractivity contribution in [1.82, 2.24) is 9.97 Å². The minimum Gasteiger partial charge on any atom is -0.378 e. The van der Waals surface area contributed by atoms with Crippen LogP contribution in [0.3, 0.4) is 0 Å². The lowest BCUT2D eigenvalue weighted by Gasteiger charge is -2.13. The molecule has 0 fully saturated rings. The molecule has 1 amide bonds. The fourth-order valence-corrected chi connectivity index (χ4v) is 2.34. The number of aromatic nitrogens is 2. The first-order valence-corrected chi connectivity index (χ1v) is 8.32. The summed E-state index contributed by atoms with van der Waals surface area (Å²) in [4.78, 5) is 22.6. The Bertz CT molecular complexity index is 877. The average Bonchev–Trinajstić information content (AvgIpc) is 2.64. The third kappa shape index (κ3) is 4.49. The topological polar surface area (TPSA) is 70.2 Å². The maximum atomic E-state index is 12.3. The fraction of sp³-hybridized carbons (Fsp3) is 0.105. The minimum absolute atomic E-state index is 0.263. The van der Waals surface area contributed by atoms with Gasteiger partial charge in [-0.3, -0.25) is 4.79 Å². The Morgan fingerprint density at radius 3 is 2.08 bits per heavy atom. The van der Waals surface area contributed by atoms with E-state index in [2.05, 4.69) is 20.6 Å². The number of nitrogens with one attached hydrogen (secondary N) is 2. The lowest BCUT2D eigenvalue weighted by Crippen LogP contribution is -2.13. The predicted octanol–water partition coefficient (Wildman–Crippen LogP) is 4.19. The van der Waals surface area contributed by atoms with Crippen LogP contribution in [0.4, 0.5) is 23.0 Å². The van der Waals surface area contributed by atoms with Crippen molar-refractivity contribution in [3.63, 3.8) is 0 Å². The first kappa shape index (κ1) is 17.7. The number of carbonyl (C=O) groups is 1. The van der Waals surface area contributed by atoms with Crippen LogP contribution in [0.25, 0.3) is 0 Å². The SMILES string of the molecule is CN(C)c1ccc(NC(=O)c2cnc(Nc3ccc(Cl)cc3)nc2)cc1. The van der Waals surface area contributed by atoms with Crippen LogP contribution >= 0.6 is 11.6 Å². The van der Waals surface area contributed by atoms with Gasteiger partial charge in [-0.15, -0.1) is 0 Å². The standard InChI is InChI=1S/C19H18ClN5O/c1-25(2)17-9-7-15(8-10-17)23-18(26)13-11-21-19(22-12-13)24-16-5-3-14(20)4-6-16/h3-12H,1-2H3,(H,23,26)(H,21,22,24). The van der Waals surface area contributed by atoms with Crippen molar-refractivity contribution in [3.05, 3.63) is 71.5 Å². The Balaban J connectivity index is 1.63. The number of anilines is 4. The van der Waals surface area contributed by atoms with Crippen LogP contribution in [0.2, 0.25) is 5.02 Å². The van der Waals surface area contributed by atoms with E-state index >= 15 is 0 Å². The molecule has 7 heteroatoms. The maximum Gasteiger partial charge on any atom is 0.258 e. The van der Waals surface area contributed by atoms with Gasteiger partial charge in [0.1, 0.15) is 0 Å². The second-order valence-electron chi connectivity index (χ2n) is 5.82. The van der Waals surface area contributed by atoms with Gasteiger partial charge in [0, 0.05) is 48.6 Å². The van der Waals surface area contributed by atoms with Gasteiger partial charge in [-0.1, -0.05) is 11.6 Å². The third-order valence-corrected chi connectivity index (χ3v) is 3.91. The van der Waals surface area contributed by atoms with E-state index in [0.717, 1.165) is 11.4 Å². The summed E-state index contributed by atoms with van der Waals surface area (Å²) in [6.07, 6.45) is 2.96. The summed E-state index contributed by atoms with van der Waals surface area (Å²) < 4.78 is 0. The van der Waals surface area contributed by atoms with E-state index in [1.807, 2.05) is 55.4 Å². The van der Waals surface area contributed by atoms with Crippen molar-refractivity contribution in [3.8, 4) is 0 Å². The number of carbonyl (C=O) groups excluding carboxylic acids is 1. The number of halogens is 1. The van der Waals surface area contributed by atoms with E-state index in [1.165, 1.54) is 12.4 Å². The Morgan fingerprint density at radius 2 is 1.50 bits per heavy atom. The molecule has 2 N–H and O–H groups in total. The molecule has 6 nitrogen and oxygen atoms in total. The van der Waals surface area contributed by atoms with Crippen molar-refractivity contribution in [2.24, 2.45) is 0 Å². The molecule has 26 heavy (non-hydrogen) atoms. The summed E-state index contributed by atoms with van der Waals surface area (Å²) in [6, 6.07) is 14.8. The number of benzene rings is 2. The first-order chi connectivity index (χ1) is 12.5. The van der Waals surface area contributed by atoms with Crippen LogP contribution in [-0.4, -0.2) is 30.0 Å². The highest BCUT2D eigenvalue weighted by atomic mass is 35.5. The van der Waals surface area contributed by atoms with Gasteiger partial charge in [-0.05, 0) is 48.5 Å². The zero-order valence-corrected chi connectivity index (χ0v) is 15.2. The van der Waals surface area contributed by atoms with Crippen molar-refractivity contribution in [2.75, 3.05) is 29.6 Å². The smallest absolute Gasteiger partial charge is 0.258 e. The van der Waals surface area contributed by atoms with E-state index in [4.69, 9.17) is 11.6 Å². The minimum atomic E-state index is -0.263. The maximum absolute atomic E-state index is 12.3. The van der Waals surface area contributed by atoms with Gasteiger partial charge in [0.15, 0.2) is 0 Å². The van der Waals surface area contributed by atoms with Gasteiger partial charge in [-0.2, -0.15) is 0 Å². The average molecular weight is 368 g/mol. The number of rotatable bonds is 5. The highest BCUT2D eigenvalue weighted by molar-refractivity contribution is 6.30. The molecule has 0 radical (unpaired) electrons. The summed E-state index contributed by atoms with van der Waals surface area (Å²) in [7, 11) is 3.93. The normalized spacial score (nSPS) is 10.3. The number of amides is 1. The van der Waals surface area contributed by atoms with Crippen molar-refractivity contribution in [1.29, 1.82) is 0 Å². The monoisotopic (exact) mass is 367 g/mol. The van der Waals surface area contributed by atoms with Crippen LogP contribution in [0.15, 0.2) is 60.9 Å². The Labute approximate surface area is 156 Å². The molecule has 132 valence electrons. The quantitative estimate of drug-likeness (QED) is 0.707. The molecule has 2 aromatic carbocycles. The molecule has 1 aromatic heterocycles. The molecule has 0 atom stereocenters. The Kier molecular flexibility index (Phi) is 5.34. The molecule has 0 bridgehead atoms. The van der Waals surface area contributed by atoms with E-state index in [-0.39, 0.29) is 5.91 Å². The molecule has 0 spiro atoms. The summed E-state index contributed by atoms with van der Waals surface area (Å²) in [5, 5.41) is 6.53. The fourth-order valence-electron chi connectivity index (χ4n) is 2.22. The van der Waals surface area contributed by atoms with E-state index < -0.39 is 0 Å². The molecule has 0 saturated carbocycles. The highest BCUT2D eigenvalue weighted by Gasteiger charge is 2.08. The van der Waals surface area contributed by atoms with Crippen molar-refractivity contribution in [2.45, 2.75) is 0 Å². The molecule has 0 aliphatic heterocycles. The van der Waals surface area contributed by atoms with Gasteiger partial charge in [0.05, 0.1) is 5.56 Å². The summed E-state index contributed by atoms with van der Waals surface area (Å²) in [6.45, 7) is 0. The molecule has 3 rings (SSSR count). The summed E-state index contributed by atoms with van der Waals surface area (Å²) in [5.74, 6) is 0.139. The van der Waals surface area contributed by atoms with Crippen LogP contribution in [0.5, 0.6) is 0 Å². The van der Waals surface area contributed by atoms with Crippen LogP contribution in [0, 0.1) is 0 Å². The molecule has 0 aliphatic carbocycles. The number of nitrogens with zero attached hydrogens (tertiary/aromatic N) is 3. The lowest BCUT2D eigenvalue weighted by atomic mass is 10.2. The van der Waals surface area contributed by atoms with Crippen molar-refractivity contribution >= 4 is 40.5 Å². The van der Waals surface area contributed by atoms with Crippen LogP contribution in [-0.2, 0) is 0 Å². The molecule has 0 aliphatic rings. The third-order valence-electron chi connectivity index (χ3n) is 3.66. The van der Waals surface area contributed by atoms with E-state index in [9.17, 15) is 4.79 Å². The zero-order valence-electron chi connectivity index (χ0n) is 14.4. The molecule has 3 aromatic rings. The van der Waals surface area contributed by atoms with E-state index in [1.54, 1.807) is 12.1 Å². The Hall–Kier alpha value is -3.12. The molecule has 0 unspecified atom stereocenters. The Morgan fingerprint density at radius 1 is 0.923 bits per heavy atom. The second-order valence-corrected chi connectivity index (χ2v) is 6.26. The summed E-state index contributed by atoms with van der Waals surface area (Å²) >= 11 is 5.85. The predicted molar refractivity (Wildman–Crippen MR) is 105 cm³/mol.